The molecule has 0 aliphatic heterocycles. The molecule has 6 heteroatoms. The second-order valence-electron chi connectivity index (χ2n) is 4.21. The first kappa shape index (κ1) is 15.7. The van der Waals surface area contributed by atoms with Crippen molar-refractivity contribution in [2.24, 2.45) is 5.73 Å². The van der Waals surface area contributed by atoms with Gasteiger partial charge in [0.15, 0.2) is 5.82 Å². The van der Waals surface area contributed by atoms with Gasteiger partial charge in [-0.3, -0.25) is 0 Å². The minimum absolute atomic E-state index is 0.141. The molecule has 0 aliphatic rings. The van der Waals surface area contributed by atoms with Crippen molar-refractivity contribution in [3.63, 3.8) is 0 Å². The van der Waals surface area contributed by atoms with E-state index in [4.69, 9.17) is 22.7 Å². The normalized spacial score (nSPS) is 10.2. The number of ether oxygens (including phenoxy) is 1. The maximum Gasteiger partial charge on any atom is 0.161 e. The number of para-hydroxylation sites is 2. The lowest BCUT2D eigenvalue weighted by Crippen LogP contribution is -2.11. The van der Waals surface area contributed by atoms with E-state index in [0.29, 0.717) is 29.3 Å². The van der Waals surface area contributed by atoms with Crippen LogP contribution in [0.3, 0.4) is 0 Å². The molecule has 2 aromatic rings. The molecule has 2 rings (SSSR count). The monoisotopic (exact) mass is 368 g/mol. The van der Waals surface area contributed by atoms with Crippen LogP contribution in [0, 0.1) is 5.82 Å². The number of nitrogens with two attached hydrogens (primary N) is 1. The van der Waals surface area contributed by atoms with Crippen molar-refractivity contribution in [1.82, 2.24) is 0 Å². The molecule has 0 unspecified atom stereocenters. The molecule has 3 nitrogen and oxygen atoms in total. The SMILES string of the molecule is CCOc1ccccc1Nc1ccc(C(N)=S)c(Br)c1F. The number of benzene rings is 2. The van der Waals surface area contributed by atoms with Gasteiger partial charge in [-0.2, -0.15) is 0 Å². The summed E-state index contributed by atoms with van der Waals surface area (Å²) >= 11 is 8.06. The summed E-state index contributed by atoms with van der Waals surface area (Å²) in [6, 6.07) is 10.6. The molecule has 0 bridgehead atoms. The maximum atomic E-state index is 14.4. The number of halogens is 2. The molecule has 3 N–H and O–H groups in total. The van der Waals surface area contributed by atoms with Gasteiger partial charge in [0.2, 0.25) is 0 Å². The third-order valence-electron chi connectivity index (χ3n) is 2.80. The topological polar surface area (TPSA) is 47.3 Å². The van der Waals surface area contributed by atoms with Crippen molar-refractivity contribution in [3.05, 3.63) is 52.3 Å². The molecule has 0 atom stereocenters. The van der Waals surface area contributed by atoms with Gasteiger partial charge in [0.25, 0.3) is 0 Å². The second-order valence-corrected chi connectivity index (χ2v) is 5.44. The van der Waals surface area contributed by atoms with Crippen molar-refractivity contribution in [1.29, 1.82) is 0 Å². The molecular formula is C15H14BrFN2OS. The first-order valence-corrected chi connectivity index (χ1v) is 7.51. The quantitative estimate of drug-likeness (QED) is 0.769. The van der Waals surface area contributed by atoms with Gasteiger partial charge in [0.1, 0.15) is 10.7 Å². The Labute approximate surface area is 136 Å². The summed E-state index contributed by atoms with van der Waals surface area (Å²) in [5.74, 6) is 0.209. The van der Waals surface area contributed by atoms with Gasteiger partial charge in [0.05, 0.1) is 22.5 Å². The highest BCUT2D eigenvalue weighted by Crippen LogP contribution is 2.32. The molecule has 0 spiro atoms. The van der Waals surface area contributed by atoms with Crippen LogP contribution in [0.1, 0.15) is 12.5 Å². The fourth-order valence-corrected chi connectivity index (χ4v) is 2.69. The molecule has 0 saturated carbocycles. The van der Waals surface area contributed by atoms with E-state index in [1.54, 1.807) is 12.1 Å². The van der Waals surface area contributed by atoms with E-state index >= 15 is 0 Å². The minimum Gasteiger partial charge on any atom is -0.492 e. The van der Waals surface area contributed by atoms with Crippen LogP contribution in [0.5, 0.6) is 5.75 Å². The lowest BCUT2D eigenvalue weighted by atomic mass is 10.2. The third-order valence-corrected chi connectivity index (χ3v) is 3.80. The van der Waals surface area contributed by atoms with Gasteiger partial charge in [-0.15, -0.1) is 0 Å². The summed E-state index contributed by atoms with van der Waals surface area (Å²) in [5.41, 5.74) is 7.01. The molecular weight excluding hydrogens is 355 g/mol. The molecule has 0 saturated heterocycles. The van der Waals surface area contributed by atoms with E-state index in [9.17, 15) is 4.39 Å². The number of nitrogens with one attached hydrogen (secondary N) is 1. The summed E-state index contributed by atoms with van der Waals surface area (Å²) in [6.45, 7) is 2.43. The third kappa shape index (κ3) is 3.51. The van der Waals surface area contributed by atoms with Crippen LogP contribution < -0.4 is 15.8 Å². The standard InChI is InChI=1S/C15H14BrFN2OS/c1-2-20-12-6-4-3-5-10(12)19-11-8-7-9(15(18)21)13(16)14(11)17/h3-8,19H,2H2,1H3,(H2,18,21). The zero-order valence-corrected chi connectivity index (χ0v) is 13.7. The van der Waals surface area contributed by atoms with Crippen LogP contribution in [0.25, 0.3) is 0 Å². The van der Waals surface area contributed by atoms with Gasteiger partial charge in [-0.25, -0.2) is 4.39 Å². The lowest BCUT2D eigenvalue weighted by Gasteiger charge is -2.14. The molecule has 110 valence electrons. The average molecular weight is 369 g/mol. The van der Waals surface area contributed by atoms with Crippen molar-refractivity contribution in [2.75, 3.05) is 11.9 Å². The maximum absolute atomic E-state index is 14.4. The van der Waals surface area contributed by atoms with Crippen molar-refractivity contribution in [2.45, 2.75) is 6.92 Å². The summed E-state index contributed by atoms with van der Waals surface area (Å²) in [7, 11) is 0. The summed E-state index contributed by atoms with van der Waals surface area (Å²) in [6.07, 6.45) is 0. The van der Waals surface area contributed by atoms with Crippen LogP contribution in [0.2, 0.25) is 0 Å². The largest absolute Gasteiger partial charge is 0.492 e. The van der Waals surface area contributed by atoms with E-state index in [1.165, 1.54) is 0 Å². The van der Waals surface area contributed by atoms with Crippen molar-refractivity contribution >= 4 is 44.5 Å². The molecule has 2 aromatic carbocycles. The Morgan fingerprint density at radius 3 is 2.67 bits per heavy atom. The van der Waals surface area contributed by atoms with E-state index in [0.717, 1.165) is 0 Å². The second kappa shape index (κ2) is 6.87. The smallest absolute Gasteiger partial charge is 0.161 e. The number of rotatable bonds is 5. The van der Waals surface area contributed by atoms with Crippen LogP contribution in [0.15, 0.2) is 40.9 Å². The molecule has 21 heavy (non-hydrogen) atoms. The predicted octanol–water partition coefficient (Wildman–Crippen LogP) is 4.36. The van der Waals surface area contributed by atoms with Gasteiger partial charge >= 0.3 is 0 Å². The van der Waals surface area contributed by atoms with Crippen molar-refractivity contribution in [3.8, 4) is 5.75 Å². The van der Waals surface area contributed by atoms with E-state index < -0.39 is 5.82 Å². The molecule has 0 radical (unpaired) electrons. The lowest BCUT2D eigenvalue weighted by molar-refractivity contribution is 0.342. The van der Waals surface area contributed by atoms with Gasteiger partial charge in [0, 0.05) is 5.56 Å². The summed E-state index contributed by atoms with van der Waals surface area (Å²) in [4.78, 5) is 0.141. The highest BCUT2D eigenvalue weighted by Gasteiger charge is 2.14. The van der Waals surface area contributed by atoms with E-state index in [-0.39, 0.29) is 9.46 Å². The Balaban J connectivity index is 2.37. The first-order valence-electron chi connectivity index (χ1n) is 6.31. The number of anilines is 2. The molecule has 0 aromatic heterocycles. The number of hydrogen-bond donors (Lipinski definition) is 2. The minimum atomic E-state index is -0.452. The van der Waals surface area contributed by atoms with Crippen LogP contribution in [0.4, 0.5) is 15.8 Å². The summed E-state index contributed by atoms with van der Waals surface area (Å²) < 4.78 is 20.1. The zero-order valence-electron chi connectivity index (χ0n) is 11.3. The molecule has 0 aliphatic carbocycles. The highest BCUT2D eigenvalue weighted by atomic mass is 79.9. The van der Waals surface area contributed by atoms with Gasteiger partial charge in [-0.1, -0.05) is 24.4 Å². The average Bonchev–Trinajstić information content (AvgIpc) is 2.46. The zero-order chi connectivity index (χ0) is 15.4. The predicted molar refractivity (Wildman–Crippen MR) is 90.9 cm³/mol. The Hall–Kier alpha value is -1.66. The number of thiocarbonyl (C=S) groups is 1. The Bertz CT molecular complexity index is 679. The molecule has 0 amide bonds. The van der Waals surface area contributed by atoms with Crippen LogP contribution in [-0.2, 0) is 0 Å². The summed E-state index contributed by atoms with van der Waals surface area (Å²) in [5, 5.41) is 3.02. The molecule has 0 heterocycles. The van der Waals surface area contributed by atoms with Gasteiger partial charge in [-0.05, 0) is 47.1 Å². The van der Waals surface area contributed by atoms with Crippen molar-refractivity contribution < 1.29 is 9.13 Å². The van der Waals surface area contributed by atoms with E-state index in [1.807, 2.05) is 31.2 Å². The fourth-order valence-electron chi connectivity index (χ4n) is 1.83. The molecule has 0 fully saturated rings. The van der Waals surface area contributed by atoms with Gasteiger partial charge < -0.3 is 15.8 Å². The van der Waals surface area contributed by atoms with Crippen LogP contribution in [-0.4, -0.2) is 11.6 Å². The fraction of sp³-hybridized carbons (Fsp3) is 0.133. The number of hydrogen-bond acceptors (Lipinski definition) is 3. The Kier molecular flexibility index (Phi) is 5.14. The van der Waals surface area contributed by atoms with Crippen LogP contribution >= 0.6 is 28.1 Å². The Morgan fingerprint density at radius 1 is 1.29 bits per heavy atom. The first-order chi connectivity index (χ1) is 10.0. The van der Waals surface area contributed by atoms with E-state index in [2.05, 4.69) is 21.2 Å². The highest BCUT2D eigenvalue weighted by molar-refractivity contribution is 9.10. The Morgan fingerprint density at radius 2 is 2.00 bits per heavy atom.